The van der Waals surface area contributed by atoms with Crippen LogP contribution in [-0.4, -0.2) is 49.2 Å². The third kappa shape index (κ3) is 3.44. The van der Waals surface area contributed by atoms with Gasteiger partial charge in [-0.05, 0) is 12.0 Å². The third-order valence-corrected chi connectivity index (χ3v) is 2.16. The molecule has 1 aliphatic carbocycles. The summed E-state index contributed by atoms with van der Waals surface area (Å²) in [6.07, 6.45) is 8.35. The van der Waals surface area contributed by atoms with E-state index in [-0.39, 0.29) is 0 Å². The summed E-state index contributed by atoms with van der Waals surface area (Å²) in [4.78, 5) is 3.91. The van der Waals surface area contributed by atoms with Crippen LogP contribution in [0.4, 0.5) is 0 Å². The molecule has 0 bridgehead atoms. The van der Waals surface area contributed by atoms with Gasteiger partial charge in [-0.1, -0.05) is 12.2 Å². The first kappa shape index (κ1) is 11.9. The van der Waals surface area contributed by atoms with Gasteiger partial charge in [-0.15, -0.1) is 0 Å². The standard InChI is InChI=1S/C12H20N2O/c1-13(2)8-10-6-5-7-11(12(10)15)9-14(3)4/h5-6,8-9,12,15H,7H2,1-4H3. The van der Waals surface area contributed by atoms with E-state index in [4.69, 9.17) is 0 Å². The summed E-state index contributed by atoms with van der Waals surface area (Å²) in [5, 5.41) is 10.1. The van der Waals surface area contributed by atoms with Gasteiger partial charge < -0.3 is 14.9 Å². The number of hydrogen-bond donors (Lipinski definition) is 1. The highest BCUT2D eigenvalue weighted by Gasteiger charge is 2.17. The Morgan fingerprint density at radius 3 is 2.33 bits per heavy atom. The Kier molecular flexibility index (Phi) is 3.97. The van der Waals surface area contributed by atoms with Gasteiger partial charge in [-0.2, -0.15) is 0 Å². The van der Waals surface area contributed by atoms with Crippen molar-refractivity contribution >= 4 is 0 Å². The summed E-state index contributed by atoms with van der Waals surface area (Å²) in [5.41, 5.74) is 1.98. The van der Waals surface area contributed by atoms with E-state index in [9.17, 15) is 5.11 Å². The van der Waals surface area contributed by atoms with Crippen LogP contribution in [0.15, 0.2) is 35.7 Å². The topological polar surface area (TPSA) is 26.7 Å². The number of rotatable bonds is 2. The van der Waals surface area contributed by atoms with Gasteiger partial charge in [-0.3, -0.25) is 0 Å². The molecule has 0 aliphatic heterocycles. The maximum atomic E-state index is 10.1. The smallest absolute Gasteiger partial charge is 0.103 e. The molecule has 0 saturated heterocycles. The molecule has 3 nitrogen and oxygen atoms in total. The Balaban J connectivity index is 2.89. The summed E-state index contributed by atoms with van der Waals surface area (Å²) in [7, 11) is 7.84. The van der Waals surface area contributed by atoms with Crippen molar-refractivity contribution in [2.24, 2.45) is 0 Å². The predicted octanol–water partition coefficient (Wildman–Crippen LogP) is 1.20. The van der Waals surface area contributed by atoms with E-state index < -0.39 is 6.10 Å². The molecule has 0 saturated carbocycles. The predicted molar refractivity (Wildman–Crippen MR) is 63.3 cm³/mol. The third-order valence-electron chi connectivity index (χ3n) is 2.16. The highest BCUT2D eigenvalue weighted by molar-refractivity contribution is 5.36. The molecule has 1 atom stereocenters. The number of nitrogens with zero attached hydrogens (tertiary/aromatic N) is 2. The van der Waals surface area contributed by atoms with Crippen LogP contribution in [-0.2, 0) is 0 Å². The molecule has 1 rings (SSSR count). The van der Waals surface area contributed by atoms with Crippen molar-refractivity contribution < 1.29 is 5.11 Å². The number of hydrogen-bond acceptors (Lipinski definition) is 3. The Labute approximate surface area is 92.0 Å². The van der Waals surface area contributed by atoms with Crippen LogP contribution in [0.3, 0.4) is 0 Å². The molecule has 0 aromatic rings. The summed E-state index contributed by atoms with van der Waals surface area (Å²) in [5.74, 6) is 0. The second-order valence-electron chi connectivity index (χ2n) is 4.27. The van der Waals surface area contributed by atoms with E-state index in [1.54, 1.807) is 0 Å². The van der Waals surface area contributed by atoms with Gasteiger partial charge in [0.2, 0.25) is 0 Å². The normalized spacial score (nSPS) is 26.1. The maximum absolute atomic E-state index is 10.1. The van der Waals surface area contributed by atoms with Crippen LogP contribution in [0.25, 0.3) is 0 Å². The second kappa shape index (κ2) is 5.03. The molecular weight excluding hydrogens is 188 g/mol. The summed E-state index contributed by atoms with van der Waals surface area (Å²) >= 11 is 0. The van der Waals surface area contributed by atoms with Gasteiger partial charge in [0.1, 0.15) is 6.10 Å². The lowest BCUT2D eigenvalue weighted by molar-refractivity contribution is 0.240. The molecule has 84 valence electrons. The van der Waals surface area contributed by atoms with Gasteiger partial charge in [-0.25, -0.2) is 0 Å². The molecule has 0 amide bonds. The van der Waals surface area contributed by atoms with Crippen molar-refractivity contribution in [2.45, 2.75) is 12.5 Å². The molecule has 0 aromatic carbocycles. The molecule has 15 heavy (non-hydrogen) atoms. The van der Waals surface area contributed by atoms with Crippen LogP contribution in [0, 0.1) is 0 Å². The first-order chi connectivity index (χ1) is 7.00. The largest absolute Gasteiger partial charge is 0.384 e. The zero-order chi connectivity index (χ0) is 11.4. The lowest BCUT2D eigenvalue weighted by Gasteiger charge is -2.22. The molecule has 3 heteroatoms. The monoisotopic (exact) mass is 208 g/mol. The number of aliphatic hydroxyl groups excluding tert-OH is 1. The molecule has 1 N–H and O–H groups in total. The Hall–Kier alpha value is -1.22. The van der Waals surface area contributed by atoms with Gasteiger partial charge in [0.15, 0.2) is 0 Å². The molecular formula is C12H20N2O. The average molecular weight is 208 g/mol. The van der Waals surface area contributed by atoms with E-state index >= 15 is 0 Å². The minimum Gasteiger partial charge on any atom is -0.384 e. The molecule has 0 spiro atoms. The molecule has 0 fully saturated rings. The minimum atomic E-state index is -0.472. The molecule has 1 aliphatic rings. The van der Waals surface area contributed by atoms with E-state index in [1.807, 2.05) is 56.5 Å². The zero-order valence-corrected chi connectivity index (χ0v) is 9.94. The van der Waals surface area contributed by atoms with Gasteiger partial charge in [0, 0.05) is 46.2 Å². The van der Waals surface area contributed by atoms with Crippen molar-refractivity contribution in [3.05, 3.63) is 35.7 Å². The van der Waals surface area contributed by atoms with E-state index in [1.165, 1.54) is 0 Å². The van der Waals surface area contributed by atoms with Crippen LogP contribution in [0.1, 0.15) is 6.42 Å². The van der Waals surface area contributed by atoms with E-state index in [2.05, 4.69) is 6.08 Å². The number of allylic oxidation sites excluding steroid dienone is 1. The lowest BCUT2D eigenvalue weighted by atomic mass is 9.94. The van der Waals surface area contributed by atoms with Crippen LogP contribution >= 0.6 is 0 Å². The number of aliphatic hydroxyl groups is 1. The van der Waals surface area contributed by atoms with Gasteiger partial charge in [0.25, 0.3) is 0 Å². The summed E-state index contributed by atoms with van der Waals surface area (Å²) < 4.78 is 0. The highest BCUT2D eigenvalue weighted by Crippen LogP contribution is 2.23. The fourth-order valence-electron chi connectivity index (χ4n) is 1.61. The van der Waals surface area contributed by atoms with Crippen molar-refractivity contribution in [3.8, 4) is 0 Å². The molecule has 0 aromatic heterocycles. The minimum absolute atomic E-state index is 0.472. The summed E-state index contributed by atoms with van der Waals surface area (Å²) in [6.45, 7) is 0. The Morgan fingerprint density at radius 2 is 1.80 bits per heavy atom. The van der Waals surface area contributed by atoms with Crippen molar-refractivity contribution in [3.63, 3.8) is 0 Å². The van der Waals surface area contributed by atoms with Crippen LogP contribution < -0.4 is 0 Å². The summed E-state index contributed by atoms with van der Waals surface area (Å²) in [6, 6.07) is 0. The maximum Gasteiger partial charge on any atom is 0.103 e. The molecule has 0 radical (unpaired) electrons. The fourth-order valence-corrected chi connectivity index (χ4v) is 1.61. The van der Waals surface area contributed by atoms with Crippen molar-refractivity contribution in [1.82, 2.24) is 9.80 Å². The van der Waals surface area contributed by atoms with E-state index in [0.717, 1.165) is 17.6 Å². The SMILES string of the molecule is CN(C)C=C1C=CCC(=CN(C)C)C1O. The quantitative estimate of drug-likeness (QED) is 0.738. The van der Waals surface area contributed by atoms with Crippen molar-refractivity contribution in [2.75, 3.05) is 28.2 Å². The van der Waals surface area contributed by atoms with Crippen LogP contribution in [0.5, 0.6) is 0 Å². The van der Waals surface area contributed by atoms with Gasteiger partial charge >= 0.3 is 0 Å². The second-order valence-corrected chi connectivity index (χ2v) is 4.27. The zero-order valence-electron chi connectivity index (χ0n) is 9.94. The average Bonchev–Trinajstić information content (AvgIpc) is 2.10. The fraction of sp³-hybridized carbons (Fsp3) is 0.500. The Morgan fingerprint density at radius 1 is 1.20 bits per heavy atom. The molecule has 1 unspecified atom stereocenters. The highest BCUT2D eigenvalue weighted by atomic mass is 16.3. The first-order valence-electron chi connectivity index (χ1n) is 5.10. The first-order valence-corrected chi connectivity index (χ1v) is 5.10. The van der Waals surface area contributed by atoms with E-state index in [0.29, 0.717) is 0 Å². The van der Waals surface area contributed by atoms with Crippen molar-refractivity contribution in [1.29, 1.82) is 0 Å². The van der Waals surface area contributed by atoms with Crippen LogP contribution in [0.2, 0.25) is 0 Å². The Bertz CT molecular complexity index is 301. The molecule has 0 heterocycles. The lowest BCUT2D eigenvalue weighted by Crippen LogP contribution is -2.20. The van der Waals surface area contributed by atoms with Gasteiger partial charge in [0.05, 0.1) is 0 Å².